The highest BCUT2D eigenvalue weighted by Gasteiger charge is 2.18. The molecular weight excluding hydrogens is 220 g/mol. The van der Waals surface area contributed by atoms with Crippen LogP contribution in [0.5, 0.6) is 5.75 Å². The standard InChI is InChI=1S/C13H18O2S/c1-15-12-7-4-8-13(9-12)16(14)10-11-5-2-3-6-11/h4,7-9,11H,2-3,5-6,10H2,1H3/t16-/m1/s1. The fraction of sp³-hybridized carbons (Fsp3) is 0.538. The third-order valence-corrected chi connectivity index (χ3v) is 4.72. The molecule has 0 unspecified atom stereocenters. The molecule has 0 aliphatic heterocycles. The lowest BCUT2D eigenvalue weighted by Gasteiger charge is -2.09. The highest BCUT2D eigenvalue weighted by atomic mass is 32.2. The summed E-state index contributed by atoms with van der Waals surface area (Å²) >= 11 is 0. The van der Waals surface area contributed by atoms with Crippen LogP contribution in [0, 0.1) is 5.92 Å². The quantitative estimate of drug-likeness (QED) is 0.806. The Bertz CT molecular complexity index is 370. The molecule has 1 aromatic rings. The first-order chi connectivity index (χ1) is 7.79. The molecule has 0 spiro atoms. The normalized spacial score (nSPS) is 18.6. The Hall–Kier alpha value is -0.830. The summed E-state index contributed by atoms with van der Waals surface area (Å²) in [5.41, 5.74) is 0. The van der Waals surface area contributed by atoms with E-state index in [1.54, 1.807) is 7.11 Å². The molecule has 1 aliphatic carbocycles. The molecule has 1 aromatic carbocycles. The summed E-state index contributed by atoms with van der Waals surface area (Å²) in [6, 6.07) is 7.59. The molecule has 0 amide bonds. The average molecular weight is 238 g/mol. The maximum atomic E-state index is 12.1. The Balaban J connectivity index is 2.01. The van der Waals surface area contributed by atoms with Gasteiger partial charge in [0.2, 0.25) is 0 Å². The van der Waals surface area contributed by atoms with Gasteiger partial charge >= 0.3 is 0 Å². The van der Waals surface area contributed by atoms with Gasteiger partial charge in [0.1, 0.15) is 5.75 Å². The van der Waals surface area contributed by atoms with Crippen LogP contribution in [0.2, 0.25) is 0 Å². The molecule has 0 heterocycles. The second-order valence-corrected chi connectivity index (χ2v) is 5.84. The number of benzene rings is 1. The lowest BCUT2D eigenvalue weighted by atomic mass is 10.1. The zero-order valence-electron chi connectivity index (χ0n) is 9.65. The number of rotatable bonds is 4. The molecule has 2 rings (SSSR count). The minimum Gasteiger partial charge on any atom is -0.497 e. The van der Waals surface area contributed by atoms with Crippen molar-refractivity contribution in [3.63, 3.8) is 0 Å². The Morgan fingerprint density at radius 2 is 2.12 bits per heavy atom. The van der Waals surface area contributed by atoms with Gasteiger partial charge in [-0.3, -0.25) is 4.21 Å². The van der Waals surface area contributed by atoms with Crippen LogP contribution in [0.1, 0.15) is 25.7 Å². The first-order valence-corrected chi connectivity index (χ1v) is 7.14. The molecule has 2 nitrogen and oxygen atoms in total. The second-order valence-electron chi connectivity index (χ2n) is 4.34. The second kappa shape index (κ2) is 5.48. The molecule has 1 fully saturated rings. The van der Waals surface area contributed by atoms with Crippen LogP contribution in [0.3, 0.4) is 0 Å². The van der Waals surface area contributed by atoms with Crippen LogP contribution in [-0.2, 0) is 10.8 Å². The van der Waals surface area contributed by atoms with Gasteiger partial charge in [-0.1, -0.05) is 18.9 Å². The van der Waals surface area contributed by atoms with Crippen molar-refractivity contribution in [2.75, 3.05) is 12.9 Å². The third-order valence-electron chi connectivity index (χ3n) is 3.17. The average Bonchev–Trinajstić information content (AvgIpc) is 2.82. The largest absolute Gasteiger partial charge is 0.497 e. The Morgan fingerprint density at radius 3 is 2.81 bits per heavy atom. The molecule has 0 saturated heterocycles. The van der Waals surface area contributed by atoms with E-state index < -0.39 is 10.8 Å². The zero-order valence-corrected chi connectivity index (χ0v) is 10.5. The SMILES string of the molecule is COc1cccc([S@](=O)CC2CCCC2)c1. The number of hydrogen-bond acceptors (Lipinski definition) is 2. The highest BCUT2D eigenvalue weighted by molar-refractivity contribution is 7.85. The van der Waals surface area contributed by atoms with Crippen molar-refractivity contribution >= 4 is 10.8 Å². The molecular formula is C13H18O2S. The van der Waals surface area contributed by atoms with Gasteiger partial charge in [0, 0.05) is 10.6 Å². The first kappa shape index (κ1) is 11.6. The third kappa shape index (κ3) is 2.85. The summed E-state index contributed by atoms with van der Waals surface area (Å²) in [7, 11) is 0.773. The van der Waals surface area contributed by atoms with E-state index in [9.17, 15) is 4.21 Å². The summed E-state index contributed by atoms with van der Waals surface area (Å²) in [6.07, 6.45) is 5.10. The van der Waals surface area contributed by atoms with Crippen LogP contribution in [0.25, 0.3) is 0 Å². The van der Waals surface area contributed by atoms with Crippen LogP contribution in [0.4, 0.5) is 0 Å². The topological polar surface area (TPSA) is 26.3 Å². The molecule has 16 heavy (non-hydrogen) atoms. The molecule has 0 bridgehead atoms. The van der Waals surface area contributed by atoms with Gasteiger partial charge < -0.3 is 4.74 Å². The number of ether oxygens (including phenoxy) is 1. The van der Waals surface area contributed by atoms with Gasteiger partial charge in [0.05, 0.1) is 17.9 Å². The van der Waals surface area contributed by atoms with Crippen molar-refractivity contribution in [3.05, 3.63) is 24.3 Å². The van der Waals surface area contributed by atoms with E-state index in [0.717, 1.165) is 16.4 Å². The molecule has 3 heteroatoms. The number of hydrogen-bond donors (Lipinski definition) is 0. The van der Waals surface area contributed by atoms with E-state index >= 15 is 0 Å². The summed E-state index contributed by atoms with van der Waals surface area (Å²) in [5.74, 6) is 2.26. The van der Waals surface area contributed by atoms with Gasteiger partial charge in [0.25, 0.3) is 0 Å². The van der Waals surface area contributed by atoms with E-state index in [1.807, 2.05) is 24.3 Å². The van der Waals surface area contributed by atoms with E-state index in [2.05, 4.69) is 0 Å². The Kier molecular flexibility index (Phi) is 3.99. The van der Waals surface area contributed by atoms with E-state index in [4.69, 9.17) is 4.74 Å². The maximum Gasteiger partial charge on any atom is 0.120 e. The van der Waals surface area contributed by atoms with Crippen molar-refractivity contribution in [1.29, 1.82) is 0 Å². The monoisotopic (exact) mass is 238 g/mol. The molecule has 0 aromatic heterocycles. The van der Waals surface area contributed by atoms with E-state index in [0.29, 0.717) is 5.92 Å². The van der Waals surface area contributed by atoms with Crippen molar-refractivity contribution in [3.8, 4) is 5.75 Å². The fourth-order valence-electron chi connectivity index (χ4n) is 2.23. The number of methoxy groups -OCH3 is 1. The Morgan fingerprint density at radius 1 is 1.38 bits per heavy atom. The van der Waals surface area contributed by atoms with E-state index in [1.165, 1.54) is 25.7 Å². The molecule has 1 aliphatic rings. The lowest BCUT2D eigenvalue weighted by Crippen LogP contribution is -2.07. The summed E-state index contributed by atoms with van der Waals surface area (Å²) in [4.78, 5) is 0.895. The van der Waals surface area contributed by atoms with Crippen LogP contribution in [0.15, 0.2) is 29.2 Å². The molecule has 0 N–H and O–H groups in total. The van der Waals surface area contributed by atoms with Gasteiger partial charge in [-0.05, 0) is 37.0 Å². The summed E-state index contributed by atoms with van der Waals surface area (Å²) < 4.78 is 17.3. The predicted molar refractivity (Wildman–Crippen MR) is 66.2 cm³/mol. The van der Waals surface area contributed by atoms with Crippen LogP contribution >= 0.6 is 0 Å². The van der Waals surface area contributed by atoms with Crippen molar-refractivity contribution in [1.82, 2.24) is 0 Å². The van der Waals surface area contributed by atoms with Gasteiger partial charge in [-0.15, -0.1) is 0 Å². The lowest BCUT2D eigenvalue weighted by molar-refractivity contribution is 0.413. The molecule has 1 saturated carbocycles. The van der Waals surface area contributed by atoms with Crippen molar-refractivity contribution in [2.45, 2.75) is 30.6 Å². The Labute approximate surface area is 99.5 Å². The maximum absolute atomic E-state index is 12.1. The highest BCUT2D eigenvalue weighted by Crippen LogP contribution is 2.27. The molecule has 88 valence electrons. The minimum absolute atomic E-state index is 0.659. The van der Waals surface area contributed by atoms with Crippen LogP contribution < -0.4 is 4.74 Å². The van der Waals surface area contributed by atoms with Gasteiger partial charge in [-0.25, -0.2) is 0 Å². The van der Waals surface area contributed by atoms with Crippen molar-refractivity contribution in [2.24, 2.45) is 5.92 Å². The van der Waals surface area contributed by atoms with Gasteiger partial charge in [-0.2, -0.15) is 0 Å². The summed E-state index contributed by atoms with van der Waals surface area (Å²) in [5, 5.41) is 0. The van der Waals surface area contributed by atoms with Gasteiger partial charge in [0.15, 0.2) is 0 Å². The smallest absolute Gasteiger partial charge is 0.120 e. The van der Waals surface area contributed by atoms with Crippen molar-refractivity contribution < 1.29 is 8.95 Å². The summed E-state index contributed by atoms with van der Waals surface area (Å²) in [6.45, 7) is 0. The van der Waals surface area contributed by atoms with E-state index in [-0.39, 0.29) is 0 Å². The zero-order chi connectivity index (χ0) is 11.4. The first-order valence-electron chi connectivity index (χ1n) is 5.82. The fourth-order valence-corrected chi connectivity index (χ4v) is 3.66. The minimum atomic E-state index is -0.865. The molecule has 1 atom stereocenters. The van der Waals surface area contributed by atoms with Crippen LogP contribution in [-0.4, -0.2) is 17.1 Å². The predicted octanol–water partition coefficient (Wildman–Crippen LogP) is 2.99. The molecule has 0 radical (unpaired) electrons.